The number of H-pyrrole nitrogens is 1. The number of nitrogens with zero attached hydrogens (tertiary/aromatic N) is 4. The molecule has 0 spiro atoms. The van der Waals surface area contributed by atoms with Crippen LogP contribution < -0.4 is 5.32 Å². The average Bonchev–Trinajstić information content (AvgIpc) is 3.15. The molecule has 2 N–H and O–H groups in total. The van der Waals surface area contributed by atoms with E-state index in [9.17, 15) is 4.79 Å². The molecule has 7 heteroatoms. The quantitative estimate of drug-likeness (QED) is 0.887. The van der Waals surface area contributed by atoms with Crippen molar-refractivity contribution in [3.05, 3.63) is 30.2 Å². The molecule has 2 bridgehead atoms. The Kier molecular flexibility index (Phi) is 3.97. The van der Waals surface area contributed by atoms with Crippen LogP contribution in [0.4, 0.5) is 4.79 Å². The van der Waals surface area contributed by atoms with Crippen molar-refractivity contribution in [2.45, 2.75) is 52.6 Å². The van der Waals surface area contributed by atoms with Crippen molar-refractivity contribution in [3.63, 3.8) is 0 Å². The molecule has 26 heavy (non-hydrogen) atoms. The lowest BCUT2D eigenvalue weighted by atomic mass is 9.65. The second-order valence-corrected chi connectivity index (χ2v) is 8.82. The molecule has 0 radical (unpaired) electrons. The van der Waals surface area contributed by atoms with E-state index in [1.165, 1.54) is 6.42 Å². The van der Waals surface area contributed by atoms with Gasteiger partial charge in [0.2, 0.25) is 0 Å². The summed E-state index contributed by atoms with van der Waals surface area (Å²) >= 11 is 0. The highest BCUT2D eigenvalue weighted by Crippen LogP contribution is 2.52. The number of aromatic amines is 1. The number of nitrogens with one attached hydrogen (secondary N) is 2. The number of rotatable bonds is 3. The Morgan fingerprint density at radius 3 is 2.96 bits per heavy atom. The van der Waals surface area contributed by atoms with Gasteiger partial charge in [-0.05, 0) is 42.2 Å². The first-order valence-electron chi connectivity index (χ1n) is 9.21. The fourth-order valence-corrected chi connectivity index (χ4v) is 4.94. The van der Waals surface area contributed by atoms with Crippen molar-refractivity contribution in [3.8, 4) is 11.5 Å². The number of amides is 2. The van der Waals surface area contributed by atoms with Gasteiger partial charge in [0.1, 0.15) is 11.5 Å². The number of aromatic nitrogens is 4. The van der Waals surface area contributed by atoms with Gasteiger partial charge in [-0.25, -0.2) is 9.78 Å². The van der Waals surface area contributed by atoms with Crippen LogP contribution in [0.5, 0.6) is 0 Å². The number of fused-ring (bicyclic) bond motifs is 2. The van der Waals surface area contributed by atoms with Gasteiger partial charge in [0.25, 0.3) is 0 Å². The molecule has 2 aromatic heterocycles. The minimum Gasteiger partial charge on any atom is -0.331 e. The maximum absolute atomic E-state index is 12.7. The van der Waals surface area contributed by atoms with Crippen LogP contribution in [0.1, 0.15) is 45.9 Å². The van der Waals surface area contributed by atoms with E-state index in [2.05, 4.69) is 46.3 Å². The van der Waals surface area contributed by atoms with Crippen molar-refractivity contribution >= 4 is 6.03 Å². The van der Waals surface area contributed by atoms with Gasteiger partial charge in [0.15, 0.2) is 5.82 Å². The van der Waals surface area contributed by atoms with Crippen LogP contribution in [0.25, 0.3) is 11.5 Å². The Morgan fingerprint density at radius 2 is 2.19 bits per heavy atom. The second-order valence-electron chi connectivity index (χ2n) is 8.82. The van der Waals surface area contributed by atoms with Crippen LogP contribution >= 0.6 is 0 Å². The van der Waals surface area contributed by atoms with E-state index < -0.39 is 0 Å². The van der Waals surface area contributed by atoms with Crippen molar-refractivity contribution in [1.82, 2.24) is 30.4 Å². The van der Waals surface area contributed by atoms with Gasteiger partial charge in [-0.15, -0.1) is 0 Å². The molecule has 2 aromatic rings. The lowest BCUT2D eigenvalue weighted by Crippen LogP contribution is -2.43. The predicted molar refractivity (Wildman–Crippen MR) is 98.1 cm³/mol. The summed E-state index contributed by atoms with van der Waals surface area (Å²) in [7, 11) is 0. The van der Waals surface area contributed by atoms with Gasteiger partial charge in [0.05, 0.1) is 6.54 Å². The van der Waals surface area contributed by atoms with Gasteiger partial charge in [-0.2, -0.15) is 5.10 Å². The van der Waals surface area contributed by atoms with E-state index >= 15 is 0 Å². The van der Waals surface area contributed by atoms with Gasteiger partial charge in [-0.3, -0.25) is 10.1 Å². The van der Waals surface area contributed by atoms with Crippen molar-refractivity contribution in [2.75, 3.05) is 6.54 Å². The average molecular weight is 354 g/mol. The summed E-state index contributed by atoms with van der Waals surface area (Å²) in [5, 5.41) is 10.1. The van der Waals surface area contributed by atoms with Crippen LogP contribution in [0.15, 0.2) is 24.4 Å². The van der Waals surface area contributed by atoms with Crippen molar-refractivity contribution in [1.29, 1.82) is 0 Å². The Balaban J connectivity index is 1.39. The zero-order valence-electron chi connectivity index (χ0n) is 15.6. The summed E-state index contributed by atoms with van der Waals surface area (Å²) in [4.78, 5) is 23.4. The zero-order chi connectivity index (χ0) is 18.4. The highest BCUT2D eigenvalue weighted by atomic mass is 16.2. The molecule has 1 aliphatic heterocycles. The third-order valence-corrected chi connectivity index (χ3v) is 5.51. The molecule has 1 saturated carbocycles. The normalized spacial score (nSPS) is 26.7. The van der Waals surface area contributed by atoms with E-state index in [-0.39, 0.29) is 11.4 Å². The van der Waals surface area contributed by atoms with E-state index in [1.54, 1.807) is 6.20 Å². The maximum Gasteiger partial charge on any atom is 0.318 e. The van der Waals surface area contributed by atoms with Crippen molar-refractivity contribution in [2.24, 2.45) is 10.8 Å². The Labute approximate surface area is 153 Å². The van der Waals surface area contributed by atoms with Crippen LogP contribution in [-0.4, -0.2) is 43.7 Å². The number of carbonyl (C=O) groups is 1. The largest absolute Gasteiger partial charge is 0.331 e. The summed E-state index contributed by atoms with van der Waals surface area (Å²) in [6, 6.07) is 5.94. The molecule has 2 amide bonds. The first-order valence-corrected chi connectivity index (χ1v) is 9.21. The molecular weight excluding hydrogens is 328 g/mol. The lowest BCUT2D eigenvalue weighted by Gasteiger charge is -2.39. The van der Waals surface area contributed by atoms with Gasteiger partial charge in [0, 0.05) is 18.8 Å². The Morgan fingerprint density at radius 1 is 1.35 bits per heavy atom. The monoisotopic (exact) mass is 354 g/mol. The molecule has 2 fully saturated rings. The smallest absolute Gasteiger partial charge is 0.318 e. The summed E-state index contributed by atoms with van der Waals surface area (Å²) in [6.45, 7) is 8.10. The molecule has 7 nitrogen and oxygen atoms in total. The second kappa shape index (κ2) is 6.07. The molecule has 0 aromatic carbocycles. The lowest BCUT2D eigenvalue weighted by molar-refractivity contribution is 0.129. The number of urea groups is 1. The summed E-state index contributed by atoms with van der Waals surface area (Å²) in [5.41, 5.74) is 1.25. The molecule has 2 atom stereocenters. The minimum absolute atomic E-state index is 0.00721. The van der Waals surface area contributed by atoms with E-state index in [0.29, 0.717) is 35.3 Å². The highest BCUT2D eigenvalue weighted by Gasteiger charge is 2.50. The fourth-order valence-electron chi connectivity index (χ4n) is 4.94. The predicted octanol–water partition coefficient (Wildman–Crippen LogP) is 2.98. The van der Waals surface area contributed by atoms with E-state index in [4.69, 9.17) is 0 Å². The van der Waals surface area contributed by atoms with Gasteiger partial charge in [-0.1, -0.05) is 26.8 Å². The van der Waals surface area contributed by atoms with E-state index in [1.807, 2.05) is 23.1 Å². The zero-order valence-corrected chi connectivity index (χ0v) is 15.6. The molecule has 2 aliphatic rings. The van der Waals surface area contributed by atoms with Gasteiger partial charge >= 0.3 is 6.03 Å². The first-order chi connectivity index (χ1) is 12.3. The number of likely N-dealkylation sites (tertiary alicyclic amines) is 1. The SMILES string of the molecule is CC1(C)CC2CC(C)(CN2C(=O)NCc2nc(-c3ccccn3)n[nH]2)C1. The molecule has 4 rings (SSSR count). The minimum atomic E-state index is -0.00721. The van der Waals surface area contributed by atoms with Crippen LogP contribution in [0, 0.1) is 10.8 Å². The Hall–Kier alpha value is -2.44. The van der Waals surface area contributed by atoms with Crippen LogP contribution in [-0.2, 0) is 6.54 Å². The topological polar surface area (TPSA) is 86.8 Å². The summed E-state index contributed by atoms with van der Waals surface area (Å²) in [6.07, 6.45) is 5.06. The standard InChI is InChI=1S/C19H26N6O/c1-18(2)8-13-9-19(3,11-18)12-25(13)17(26)21-10-15-22-16(24-23-15)14-6-4-5-7-20-14/h4-7,13H,8-12H2,1-3H3,(H,21,26)(H,22,23,24). The fraction of sp³-hybridized carbons (Fsp3) is 0.579. The van der Waals surface area contributed by atoms with Crippen LogP contribution in [0.2, 0.25) is 0 Å². The number of hydrogen-bond donors (Lipinski definition) is 2. The Bertz CT molecular complexity index is 801. The van der Waals surface area contributed by atoms with Crippen LogP contribution in [0.3, 0.4) is 0 Å². The molecule has 2 unspecified atom stereocenters. The number of hydrogen-bond acceptors (Lipinski definition) is 4. The molecule has 1 saturated heterocycles. The molecular formula is C19H26N6O. The summed E-state index contributed by atoms with van der Waals surface area (Å²) < 4.78 is 0. The first kappa shape index (κ1) is 17.0. The molecule has 1 aliphatic carbocycles. The molecule has 138 valence electrons. The number of carbonyl (C=O) groups excluding carboxylic acids is 1. The maximum atomic E-state index is 12.7. The number of pyridine rings is 1. The summed E-state index contributed by atoms with van der Waals surface area (Å²) in [5.74, 6) is 1.17. The van der Waals surface area contributed by atoms with Gasteiger partial charge < -0.3 is 10.2 Å². The third kappa shape index (κ3) is 3.30. The van der Waals surface area contributed by atoms with E-state index in [0.717, 1.165) is 19.4 Å². The molecule has 3 heterocycles. The highest BCUT2D eigenvalue weighted by molar-refractivity contribution is 5.75. The third-order valence-electron chi connectivity index (χ3n) is 5.51. The van der Waals surface area contributed by atoms with Crippen molar-refractivity contribution < 1.29 is 4.79 Å².